The van der Waals surface area contributed by atoms with Crippen LogP contribution in [0.15, 0.2) is 18.2 Å². The first-order chi connectivity index (χ1) is 9.78. The molecule has 1 aromatic carbocycles. The van der Waals surface area contributed by atoms with Crippen molar-refractivity contribution in [2.24, 2.45) is 0 Å². The number of aromatic amines is 1. The molecule has 0 atom stereocenters. The molecule has 0 amide bonds. The zero-order valence-corrected chi connectivity index (χ0v) is 11.7. The molecular weight excluding hydrogens is 256 g/mol. The molecule has 0 aliphatic carbocycles. The van der Waals surface area contributed by atoms with Gasteiger partial charge in [0.2, 0.25) is 5.95 Å². The summed E-state index contributed by atoms with van der Waals surface area (Å²) in [6.45, 7) is 5.13. The lowest BCUT2D eigenvalue weighted by Crippen LogP contribution is -2.36. The van der Waals surface area contributed by atoms with E-state index in [0.29, 0.717) is 5.95 Å². The fourth-order valence-corrected chi connectivity index (χ4v) is 2.29. The lowest BCUT2D eigenvalue weighted by Gasteiger charge is -2.25. The normalized spacial score (nSPS) is 15.4. The van der Waals surface area contributed by atoms with Crippen LogP contribution in [-0.2, 0) is 4.74 Å². The van der Waals surface area contributed by atoms with Crippen molar-refractivity contribution in [1.82, 2.24) is 15.2 Å². The summed E-state index contributed by atoms with van der Waals surface area (Å²) < 4.78 is 10.7. The minimum Gasteiger partial charge on any atom is -0.496 e. The molecule has 1 aromatic heterocycles. The minimum atomic E-state index is 0.715. The van der Waals surface area contributed by atoms with Gasteiger partial charge < -0.3 is 14.4 Å². The Morgan fingerprint density at radius 1 is 1.30 bits per heavy atom. The molecule has 1 N–H and O–H groups in total. The largest absolute Gasteiger partial charge is 0.496 e. The molecule has 1 fully saturated rings. The Labute approximate surface area is 117 Å². The Morgan fingerprint density at radius 3 is 2.85 bits per heavy atom. The molecule has 0 saturated carbocycles. The van der Waals surface area contributed by atoms with Gasteiger partial charge in [0.25, 0.3) is 0 Å². The molecular formula is C14H18N4O2. The van der Waals surface area contributed by atoms with E-state index in [0.717, 1.165) is 49.0 Å². The first-order valence-corrected chi connectivity index (χ1v) is 6.68. The maximum absolute atomic E-state index is 5.39. The second-order valence-electron chi connectivity index (χ2n) is 4.79. The molecule has 6 nitrogen and oxygen atoms in total. The van der Waals surface area contributed by atoms with Crippen LogP contribution in [0.5, 0.6) is 5.75 Å². The van der Waals surface area contributed by atoms with Crippen molar-refractivity contribution in [2.75, 3.05) is 38.3 Å². The molecule has 0 bridgehead atoms. The summed E-state index contributed by atoms with van der Waals surface area (Å²) in [7, 11) is 1.66. The van der Waals surface area contributed by atoms with Crippen molar-refractivity contribution in [2.45, 2.75) is 6.92 Å². The zero-order chi connectivity index (χ0) is 13.9. The van der Waals surface area contributed by atoms with Crippen molar-refractivity contribution < 1.29 is 9.47 Å². The van der Waals surface area contributed by atoms with Gasteiger partial charge in [-0.05, 0) is 19.1 Å². The number of methoxy groups -OCH3 is 1. The molecule has 6 heteroatoms. The van der Waals surface area contributed by atoms with Crippen LogP contribution in [-0.4, -0.2) is 48.6 Å². The van der Waals surface area contributed by atoms with Gasteiger partial charge in [0.1, 0.15) is 5.75 Å². The number of rotatable bonds is 3. The van der Waals surface area contributed by atoms with Gasteiger partial charge in [-0.25, -0.2) is 0 Å². The summed E-state index contributed by atoms with van der Waals surface area (Å²) in [5, 5.41) is 7.30. The maximum atomic E-state index is 5.39. The molecule has 0 radical (unpaired) electrons. The predicted molar refractivity (Wildman–Crippen MR) is 76.1 cm³/mol. The number of morpholine rings is 1. The van der Waals surface area contributed by atoms with Gasteiger partial charge in [0.05, 0.1) is 25.9 Å². The number of aromatic nitrogens is 3. The molecule has 2 aromatic rings. The summed E-state index contributed by atoms with van der Waals surface area (Å²) in [6.07, 6.45) is 0. The number of H-pyrrole nitrogens is 1. The highest BCUT2D eigenvalue weighted by Gasteiger charge is 2.17. The quantitative estimate of drug-likeness (QED) is 0.921. The molecule has 3 rings (SSSR count). The van der Waals surface area contributed by atoms with E-state index in [1.807, 2.05) is 25.1 Å². The van der Waals surface area contributed by atoms with Crippen LogP contribution in [0.2, 0.25) is 0 Å². The Morgan fingerprint density at radius 2 is 2.10 bits per heavy atom. The Kier molecular flexibility index (Phi) is 3.56. The zero-order valence-electron chi connectivity index (χ0n) is 11.7. The Bertz CT molecular complexity index is 591. The van der Waals surface area contributed by atoms with Crippen molar-refractivity contribution in [1.29, 1.82) is 0 Å². The maximum Gasteiger partial charge on any atom is 0.245 e. The van der Waals surface area contributed by atoms with Gasteiger partial charge in [0, 0.05) is 13.1 Å². The van der Waals surface area contributed by atoms with Crippen LogP contribution in [0.4, 0.5) is 5.95 Å². The highest BCUT2D eigenvalue weighted by atomic mass is 16.5. The first kappa shape index (κ1) is 12.9. The first-order valence-electron chi connectivity index (χ1n) is 6.68. The summed E-state index contributed by atoms with van der Waals surface area (Å²) >= 11 is 0. The van der Waals surface area contributed by atoms with Gasteiger partial charge in [0.15, 0.2) is 5.82 Å². The fraction of sp³-hybridized carbons (Fsp3) is 0.429. The molecule has 0 spiro atoms. The van der Waals surface area contributed by atoms with Crippen LogP contribution >= 0.6 is 0 Å². The second kappa shape index (κ2) is 5.50. The fourth-order valence-electron chi connectivity index (χ4n) is 2.29. The highest BCUT2D eigenvalue weighted by Crippen LogP contribution is 2.29. The summed E-state index contributed by atoms with van der Waals surface area (Å²) in [6, 6.07) is 6.01. The Hall–Kier alpha value is -2.08. The van der Waals surface area contributed by atoms with Crippen molar-refractivity contribution in [3.05, 3.63) is 23.8 Å². The van der Waals surface area contributed by atoms with Crippen LogP contribution < -0.4 is 9.64 Å². The van der Waals surface area contributed by atoms with E-state index in [-0.39, 0.29) is 0 Å². The van der Waals surface area contributed by atoms with Gasteiger partial charge >= 0.3 is 0 Å². The predicted octanol–water partition coefficient (Wildman–Crippen LogP) is 1.63. The average molecular weight is 274 g/mol. The van der Waals surface area contributed by atoms with E-state index in [1.165, 1.54) is 0 Å². The number of aryl methyl sites for hydroxylation is 1. The average Bonchev–Trinajstić information content (AvgIpc) is 2.98. The van der Waals surface area contributed by atoms with Crippen LogP contribution in [0.3, 0.4) is 0 Å². The van der Waals surface area contributed by atoms with E-state index in [2.05, 4.69) is 20.1 Å². The number of hydrogen-bond donors (Lipinski definition) is 1. The van der Waals surface area contributed by atoms with Crippen LogP contribution in [0.1, 0.15) is 5.56 Å². The van der Waals surface area contributed by atoms with E-state index in [9.17, 15) is 0 Å². The van der Waals surface area contributed by atoms with E-state index < -0.39 is 0 Å². The monoisotopic (exact) mass is 274 g/mol. The van der Waals surface area contributed by atoms with Gasteiger partial charge in [-0.15, -0.1) is 5.10 Å². The number of ether oxygens (including phenoxy) is 2. The van der Waals surface area contributed by atoms with E-state index in [4.69, 9.17) is 9.47 Å². The molecule has 1 aliphatic heterocycles. The van der Waals surface area contributed by atoms with Gasteiger partial charge in [-0.3, -0.25) is 5.10 Å². The Balaban J connectivity index is 1.91. The molecule has 2 heterocycles. The van der Waals surface area contributed by atoms with Crippen molar-refractivity contribution in [3.8, 4) is 17.1 Å². The van der Waals surface area contributed by atoms with Gasteiger partial charge in [-0.1, -0.05) is 11.6 Å². The topological polar surface area (TPSA) is 63.3 Å². The molecule has 20 heavy (non-hydrogen) atoms. The van der Waals surface area contributed by atoms with Crippen molar-refractivity contribution >= 4 is 5.95 Å². The van der Waals surface area contributed by atoms with Crippen LogP contribution in [0.25, 0.3) is 11.4 Å². The number of hydrogen-bond acceptors (Lipinski definition) is 5. The smallest absolute Gasteiger partial charge is 0.245 e. The SMILES string of the molecule is COc1ccc(C)cc1-c1nc(N2CCOCC2)n[nH]1. The molecule has 0 unspecified atom stereocenters. The van der Waals surface area contributed by atoms with Crippen molar-refractivity contribution in [3.63, 3.8) is 0 Å². The number of anilines is 1. The third-order valence-corrected chi connectivity index (χ3v) is 3.38. The third kappa shape index (κ3) is 2.46. The number of nitrogens with one attached hydrogen (secondary N) is 1. The summed E-state index contributed by atoms with van der Waals surface area (Å²) in [4.78, 5) is 6.69. The lowest BCUT2D eigenvalue weighted by atomic mass is 10.1. The molecule has 1 saturated heterocycles. The van der Waals surface area contributed by atoms with Gasteiger partial charge in [-0.2, -0.15) is 4.98 Å². The number of nitrogens with zero attached hydrogens (tertiary/aromatic N) is 3. The minimum absolute atomic E-state index is 0.715. The lowest BCUT2D eigenvalue weighted by molar-refractivity contribution is 0.122. The van der Waals surface area contributed by atoms with Crippen LogP contribution in [0, 0.1) is 6.92 Å². The standard InChI is InChI=1S/C14H18N4O2/c1-10-3-4-12(19-2)11(9-10)13-15-14(17-16-13)18-5-7-20-8-6-18/h3-4,9H,5-8H2,1-2H3,(H,15,16,17). The molecule has 1 aliphatic rings. The summed E-state index contributed by atoms with van der Waals surface area (Å²) in [5.41, 5.74) is 2.09. The third-order valence-electron chi connectivity index (χ3n) is 3.38. The molecule has 106 valence electrons. The highest BCUT2D eigenvalue weighted by molar-refractivity contribution is 5.65. The van der Waals surface area contributed by atoms with E-state index >= 15 is 0 Å². The summed E-state index contributed by atoms with van der Waals surface area (Å²) in [5.74, 6) is 2.24. The number of benzene rings is 1. The second-order valence-corrected chi connectivity index (χ2v) is 4.79. The van der Waals surface area contributed by atoms with E-state index in [1.54, 1.807) is 7.11 Å².